The van der Waals surface area contributed by atoms with Crippen molar-refractivity contribution in [2.75, 3.05) is 80.7 Å². The second-order valence-corrected chi connectivity index (χ2v) is 16.8. The van der Waals surface area contributed by atoms with E-state index in [-0.39, 0.29) is 11.8 Å². The van der Waals surface area contributed by atoms with Crippen molar-refractivity contribution in [2.45, 2.75) is 138 Å². The number of amides is 2. The Hall–Kier alpha value is -2.84. The second kappa shape index (κ2) is 27.7. The highest BCUT2D eigenvalue weighted by molar-refractivity contribution is 5.77. The lowest BCUT2D eigenvalue weighted by molar-refractivity contribution is -0.882. The highest BCUT2D eigenvalue weighted by atomic mass is 16.5. The van der Waals surface area contributed by atoms with Crippen molar-refractivity contribution in [3.63, 3.8) is 0 Å². The van der Waals surface area contributed by atoms with Crippen LogP contribution in [0.5, 0.6) is 11.5 Å². The number of quaternary nitrogens is 2. The number of hydrogen-bond donors (Lipinski definition) is 2. The van der Waals surface area contributed by atoms with Crippen LogP contribution in [-0.2, 0) is 22.4 Å². The van der Waals surface area contributed by atoms with E-state index in [0.717, 1.165) is 87.9 Å². The monoisotopic (exact) mass is 743 g/mol. The summed E-state index contributed by atoms with van der Waals surface area (Å²) < 4.78 is 14.4. The minimum atomic E-state index is 0.0975. The first-order chi connectivity index (χ1) is 25.2. The van der Waals surface area contributed by atoms with Gasteiger partial charge in [0.2, 0.25) is 0 Å². The molecule has 0 atom stereocenters. The van der Waals surface area contributed by atoms with Gasteiger partial charge in [0.25, 0.3) is 11.8 Å². The molecule has 0 aromatic heterocycles. The third-order valence-corrected chi connectivity index (χ3v) is 9.80. The van der Waals surface area contributed by atoms with Crippen molar-refractivity contribution in [3.8, 4) is 11.5 Å². The van der Waals surface area contributed by atoms with Gasteiger partial charge in [-0.1, -0.05) is 95.4 Å². The number of nitrogens with zero attached hydrogens (tertiary/aromatic N) is 2. The summed E-state index contributed by atoms with van der Waals surface area (Å²) in [6.07, 6.45) is 21.0. The molecule has 0 aliphatic carbocycles. The summed E-state index contributed by atoms with van der Waals surface area (Å²) in [5, 5.41) is 6.22. The molecule has 8 heteroatoms. The first-order valence-corrected chi connectivity index (χ1v) is 21.1. The molecular weight excluding hydrogens is 661 g/mol. The molecule has 53 heavy (non-hydrogen) atoms. The molecule has 304 valence electrons. The van der Waals surface area contributed by atoms with Crippen LogP contribution in [0.25, 0.3) is 0 Å². The van der Waals surface area contributed by atoms with E-state index in [1.54, 1.807) is 0 Å². The molecule has 1 aromatic carbocycles. The van der Waals surface area contributed by atoms with Crippen LogP contribution in [0.3, 0.4) is 0 Å². The summed E-state index contributed by atoms with van der Waals surface area (Å²) in [5.41, 5.74) is 4.99. The number of carbonyl (C=O) groups excluding carboxylic acids is 2. The SMILES string of the molecule is CCCCCCNC(=O)C[N+](C)(C)CCOc1cc(CCCCC)cc(OCC[N+](C)(C)CC(=O)NCCCCCC)c1C/C=C(\C)CCC=C(C)C. The van der Waals surface area contributed by atoms with E-state index >= 15 is 0 Å². The van der Waals surface area contributed by atoms with Gasteiger partial charge in [0.15, 0.2) is 13.1 Å². The molecule has 2 amide bonds. The molecule has 0 aliphatic rings. The Labute approximate surface area is 326 Å². The van der Waals surface area contributed by atoms with Gasteiger partial charge in [-0.25, -0.2) is 0 Å². The number of likely N-dealkylation sites (N-methyl/N-ethyl adjacent to an activating group) is 2. The lowest BCUT2D eigenvalue weighted by Gasteiger charge is -2.30. The van der Waals surface area contributed by atoms with Gasteiger partial charge in [0.1, 0.15) is 37.8 Å². The number of rotatable bonds is 31. The van der Waals surface area contributed by atoms with E-state index in [4.69, 9.17) is 9.47 Å². The molecular formula is C45H82N4O4+2. The summed E-state index contributed by atoms with van der Waals surface area (Å²) in [5.74, 6) is 1.94. The molecule has 0 radical (unpaired) electrons. The Bertz CT molecular complexity index is 1170. The fourth-order valence-corrected chi connectivity index (χ4v) is 6.24. The van der Waals surface area contributed by atoms with Crippen LogP contribution in [0.4, 0.5) is 0 Å². The largest absolute Gasteiger partial charge is 0.487 e. The van der Waals surface area contributed by atoms with Crippen LogP contribution in [-0.4, -0.2) is 101 Å². The summed E-state index contributed by atoms with van der Waals surface area (Å²) in [6, 6.07) is 4.44. The molecule has 2 N–H and O–H groups in total. The zero-order valence-corrected chi connectivity index (χ0v) is 36.1. The maximum Gasteiger partial charge on any atom is 0.275 e. The molecule has 0 spiro atoms. The summed E-state index contributed by atoms with van der Waals surface area (Å²) in [6.45, 7) is 17.9. The number of benzene rings is 1. The molecule has 1 aromatic rings. The zero-order chi connectivity index (χ0) is 39.5. The first-order valence-electron chi connectivity index (χ1n) is 21.1. The average molecular weight is 743 g/mol. The van der Waals surface area contributed by atoms with Crippen molar-refractivity contribution in [1.29, 1.82) is 0 Å². The van der Waals surface area contributed by atoms with E-state index < -0.39 is 0 Å². The van der Waals surface area contributed by atoms with Crippen LogP contribution in [0, 0.1) is 0 Å². The van der Waals surface area contributed by atoms with Crippen LogP contribution in [0.2, 0.25) is 0 Å². The maximum absolute atomic E-state index is 12.7. The molecule has 0 aliphatic heterocycles. The molecule has 1 rings (SSSR count). The maximum atomic E-state index is 12.7. The van der Waals surface area contributed by atoms with Gasteiger partial charge in [-0.2, -0.15) is 0 Å². The van der Waals surface area contributed by atoms with Gasteiger partial charge in [0.05, 0.1) is 28.2 Å². The van der Waals surface area contributed by atoms with Gasteiger partial charge in [0, 0.05) is 18.7 Å². The van der Waals surface area contributed by atoms with E-state index in [1.807, 2.05) is 0 Å². The van der Waals surface area contributed by atoms with Crippen molar-refractivity contribution < 1.29 is 28.0 Å². The quantitative estimate of drug-likeness (QED) is 0.0453. The standard InChI is InChI=1S/C45H80N4O4/c1-11-14-17-20-28-46-44(50)36-48(7,8)30-32-52-42-34-40(25-19-16-13-3)35-43(41(42)27-26-39(6)24-22-23-38(4)5)53-33-31-49(9,10)37-45(51)47-29-21-18-15-12-2/h23,26,34-35H,11-22,24-25,27-33,36-37H2,1-10H3/p+2/b39-26+. The van der Waals surface area contributed by atoms with Gasteiger partial charge in [-0.3, -0.25) is 9.59 Å². The summed E-state index contributed by atoms with van der Waals surface area (Å²) in [4.78, 5) is 25.5. The van der Waals surface area contributed by atoms with Crippen LogP contribution >= 0.6 is 0 Å². The molecule has 0 unspecified atom stereocenters. The van der Waals surface area contributed by atoms with Crippen LogP contribution < -0.4 is 20.1 Å². The minimum absolute atomic E-state index is 0.0975. The average Bonchev–Trinajstić information content (AvgIpc) is 3.07. The summed E-state index contributed by atoms with van der Waals surface area (Å²) in [7, 11) is 8.40. The molecule has 8 nitrogen and oxygen atoms in total. The van der Waals surface area contributed by atoms with Crippen LogP contribution in [0.1, 0.15) is 136 Å². The number of carbonyl (C=O) groups is 2. The Morgan fingerprint density at radius 3 is 1.58 bits per heavy atom. The van der Waals surface area contributed by atoms with Crippen molar-refractivity contribution in [2.24, 2.45) is 0 Å². The minimum Gasteiger partial charge on any atom is -0.487 e. The lowest BCUT2D eigenvalue weighted by Crippen LogP contribution is -2.49. The fourth-order valence-electron chi connectivity index (χ4n) is 6.24. The number of unbranched alkanes of at least 4 members (excludes halogenated alkanes) is 8. The van der Waals surface area contributed by atoms with Gasteiger partial charge < -0.3 is 29.1 Å². The van der Waals surface area contributed by atoms with Gasteiger partial charge in [-0.05, 0) is 83.4 Å². The molecule has 0 bridgehead atoms. The van der Waals surface area contributed by atoms with Crippen molar-refractivity contribution in [1.82, 2.24) is 10.6 Å². The normalized spacial score (nSPS) is 12.1. The Morgan fingerprint density at radius 1 is 0.660 bits per heavy atom. The third-order valence-electron chi connectivity index (χ3n) is 9.80. The molecule has 0 fully saturated rings. The number of nitrogens with one attached hydrogen (secondary N) is 2. The van der Waals surface area contributed by atoms with Gasteiger partial charge in [-0.15, -0.1) is 0 Å². The van der Waals surface area contributed by atoms with E-state index in [9.17, 15) is 9.59 Å². The van der Waals surface area contributed by atoms with E-state index in [1.165, 1.54) is 55.2 Å². The smallest absolute Gasteiger partial charge is 0.275 e. The Morgan fingerprint density at radius 2 is 1.13 bits per heavy atom. The fraction of sp³-hybridized carbons (Fsp3) is 0.733. The van der Waals surface area contributed by atoms with Gasteiger partial charge >= 0.3 is 0 Å². The van der Waals surface area contributed by atoms with Crippen LogP contribution in [0.15, 0.2) is 35.4 Å². The Balaban J connectivity index is 3.18. The first kappa shape index (κ1) is 48.2. The molecule has 0 saturated carbocycles. The highest BCUT2D eigenvalue weighted by Crippen LogP contribution is 2.33. The number of hydrogen-bond acceptors (Lipinski definition) is 4. The zero-order valence-electron chi connectivity index (χ0n) is 36.1. The number of ether oxygens (including phenoxy) is 2. The lowest BCUT2D eigenvalue weighted by atomic mass is 10.00. The Kier molecular flexibility index (Phi) is 25.2. The van der Waals surface area contributed by atoms with Crippen molar-refractivity contribution >= 4 is 11.8 Å². The predicted molar refractivity (Wildman–Crippen MR) is 225 cm³/mol. The number of aryl methyl sites for hydroxylation is 1. The van der Waals surface area contributed by atoms with E-state index in [2.05, 4.69) is 105 Å². The van der Waals surface area contributed by atoms with E-state index in [0.29, 0.717) is 48.4 Å². The summed E-state index contributed by atoms with van der Waals surface area (Å²) >= 11 is 0. The molecule has 0 saturated heterocycles. The predicted octanol–water partition coefficient (Wildman–Crippen LogP) is 8.96. The second-order valence-electron chi connectivity index (χ2n) is 16.8. The highest BCUT2D eigenvalue weighted by Gasteiger charge is 2.23. The molecule has 0 heterocycles. The number of allylic oxidation sites excluding steroid dienone is 4. The topological polar surface area (TPSA) is 76.7 Å². The van der Waals surface area contributed by atoms with Crippen molar-refractivity contribution in [3.05, 3.63) is 46.6 Å². The third kappa shape index (κ3) is 24.2.